The zero-order valence-electron chi connectivity index (χ0n) is 12.9. The lowest BCUT2D eigenvalue weighted by Crippen LogP contribution is -2.49. The molecule has 1 saturated heterocycles. The lowest BCUT2D eigenvalue weighted by atomic mass is 10.0. The maximum Gasteiger partial charge on any atom is 0.140 e. The fourth-order valence-electron chi connectivity index (χ4n) is 2.81. The minimum atomic E-state index is 0.502. The molecule has 0 bridgehead atoms. The zero-order valence-corrected chi connectivity index (χ0v) is 12.9. The van der Waals surface area contributed by atoms with E-state index in [2.05, 4.69) is 24.8 Å². The van der Waals surface area contributed by atoms with Crippen molar-refractivity contribution in [2.24, 2.45) is 5.92 Å². The van der Waals surface area contributed by atoms with E-state index in [-0.39, 0.29) is 0 Å². The first kappa shape index (κ1) is 13.9. The monoisotopic (exact) mass is 307 g/mol. The highest BCUT2D eigenvalue weighted by Gasteiger charge is 2.29. The average Bonchev–Trinajstić information content (AvgIpc) is 2.54. The van der Waals surface area contributed by atoms with Crippen LogP contribution < -0.4 is 9.64 Å². The summed E-state index contributed by atoms with van der Waals surface area (Å²) in [7, 11) is 0. The largest absolute Gasteiger partial charge is 0.492 e. The molecule has 0 spiro atoms. The van der Waals surface area contributed by atoms with Crippen LogP contribution in [0.25, 0.3) is 10.9 Å². The topological polar surface area (TPSA) is 64.0 Å². The van der Waals surface area contributed by atoms with Crippen LogP contribution in [0.3, 0.4) is 0 Å². The molecular formula is C17H17N5O. The van der Waals surface area contributed by atoms with Crippen molar-refractivity contribution >= 4 is 16.7 Å². The van der Waals surface area contributed by atoms with Crippen molar-refractivity contribution in [3.8, 4) is 5.75 Å². The first-order chi connectivity index (χ1) is 11.3. The number of hydrogen-bond donors (Lipinski definition) is 0. The van der Waals surface area contributed by atoms with Crippen molar-refractivity contribution in [1.29, 1.82) is 0 Å². The van der Waals surface area contributed by atoms with Gasteiger partial charge in [-0.05, 0) is 25.1 Å². The van der Waals surface area contributed by atoms with Gasteiger partial charge in [0.2, 0.25) is 0 Å². The quantitative estimate of drug-likeness (QED) is 0.736. The van der Waals surface area contributed by atoms with Crippen LogP contribution in [0.1, 0.15) is 5.82 Å². The maximum absolute atomic E-state index is 5.77. The van der Waals surface area contributed by atoms with Gasteiger partial charge in [0.25, 0.3) is 0 Å². The summed E-state index contributed by atoms with van der Waals surface area (Å²) in [5, 5.41) is 1.05. The van der Waals surface area contributed by atoms with E-state index < -0.39 is 0 Å². The molecule has 116 valence electrons. The summed E-state index contributed by atoms with van der Waals surface area (Å²) in [5.74, 6) is 3.09. The number of rotatable bonds is 4. The van der Waals surface area contributed by atoms with Crippen LogP contribution in [-0.2, 0) is 0 Å². The van der Waals surface area contributed by atoms with Gasteiger partial charge in [-0.2, -0.15) is 0 Å². The molecule has 0 amide bonds. The predicted octanol–water partition coefficient (Wildman–Crippen LogP) is 2.24. The molecule has 0 aliphatic carbocycles. The van der Waals surface area contributed by atoms with Crippen LogP contribution in [0, 0.1) is 12.8 Å². The molecule has 23 heavy (non-hydrogen) atoms. The van der Waals surface area contributed by atoms with Gasteiger partial charge >= 0.3 is 0 Å². The molecule has 4 heterocycles. The Balaban J connectivity index is 1.44. The van der Waals surface area contributed by atoms with E-state index in [1.165, 1.54) is 0 Å². The lowest BCUT2D eigenvalue weighted by molar-refractivity contribution is 0.219. The number of fused-ring (bicyclic) bond motifs is 1. The molecule has 0 N–H and O–H groups in total. The number of hydrogen-bond acceptors (Lipinski definition) is 6. The number of nitrogens with zero attached hydrogens (tertiary/aromatic N) is 5. The molecule has 3 aromatic heterocycles. The summed E-state index contributed by atoms with van der Waals surface area (Å²) in [5.41, 5.74) is 0.894. The second kappa shape index (κ2) is 5.79. The molecule has 0 radical (unpaired) electrons. The molecule has 0 atom stereocenters. The van der Waals surface area contributed by atoms with Crippen molar-refractivity contribution in [3.63, 3.8) is 0 Å². The van der Waals surface area contributed by atoms with Crippen LogP contribution in [0.15, 0.2) is 43.0 Å². The third-order valence-electron chi connectivity index (χ3n) is 3.97. The Bertz CT molecular complexity index is 818. The van der Waals surface area contributed by atoms with Crippen LogP contribution in [-0.4, -0.2) is 39.6 Å². The van der Waals surface area contributed by atoms with Crippen molar-refractivity contribution in [2.45, 2.75) is 6.92 Å². The lowest BCUT2D eigenvalue weighted by Gasteiger charge is -2.40. The van der Waals surface area contributed by atoms with Gasteiger partial charge in [-0.3, -0.25) is 9.97 Å². The normalized spacial score (nSPS) is 14.7. The van der Waals surface area contributed by atoms with Crippen LogP contribution in [0.4, 0.5) is 5.82 Å². The van der Waals surface area contributed by atoms with Gasteiger partial charge in [0.1, 0.15) is 17.4 Å². The highest BCUT2D eigenvalue weighted by atomic mass is 16.5. The second-order valence-corrected chi connectivity index (χ2v) is 5.76. The predicted molar refractivity (Wildman–Crippen MR) is 87.5 cm³/mol. The molecule has 0 unspecified atom stereocenters. The number of aromatic nitrogens is 4. The average molecular weight is 307 g/mol. The van der Waals surface area contributed by atoms with Crippen LogP contribution in [0.5, 0.6) is 5.75 Å². The van der Waals surface area contributed by atoms with Crippen molar-refractivity contribution in [3.05, 3.63) is 48.8 Å². The Labute approximate surface area is 134 Å². The fourth-order valence-corrected chi connectivity index (χ4v) is 2.81. The van der Waals surface area contributed by atoms with E-state index in [0.717, 1.165) is 41.4 Å². The van der Waals surface area contributed by atoms with Gasteiger partial charge in [0.15, 0.2) is 0 Å². The molecule has 6 nitrogen and oxygen atoms in total. The number of anilines is 1. The molecule has 1 fully saturated rings. The summed E-state index contributed by atoms with van der Waals surface area (Å²) in [4.78, 5) is 19.5. The minimum Gasteiger partial charge on any atom is -0.492 e. The molecular weight excluding hydrogens is 290 g/mol. The minimum absolute atomic E-state index is 0.502. The highest BCUT2D eigenvalue weighted by molar-refractivity contribution is 5.89. The van der Waals surface area contributed by atoms with Crippen LogP contribution in [0.2, 0.25) is 0 Å². The molecule has 3 aromatic rings. The SMILES string of the molecule is Cc1nc(N2CC(COc3cccnc3)C2)c2ccncc2n1. The summed E-state index contributed by atoms with van der Waals surface area (Å²) >= 11 is 0. The number of ether oxygens (including phenoxy) is 1. The van der Waals surface area contributed by atoms with Crippen molar-refractivity contribution < 1.29 is 4.74 Å². The van der Waals surface area contributed by atoms with E-state index in [1.54, 1.807) is 24.8 Å². The fraction of sp³-hybridized carbons (Fsp3) is 0.294. The van der Waals surface area contributed by atoms with Gasteiger partial charge in [0, 0.05) is 36.8 Å². The highest BCUT2D eigenvalue weighted by Crippen LogP contribution is 2.29. The Morgan fingerprint density at radius 2 is 2.00 bits per heavy atom. The molecule has 1 aliphatic heterocycles. The molecule has 0 saturated carbocycles. The first-order valence-corrected chi connectivity index (χ1v) is 7.66. The third-order valence-corrected chi connectivity index (χ3v) is 3.97. The summed E-state index contributed by atoms with van der Waals surface area (Å²) in [6.45, 7) is 4.49. The van der Waals surface area contributed by atoms with Gasteiger partial charge in [-0.1, -0.05) is 0 Å². The first-order valence-electron chi connectivity index (χ1n) is 7.66. The maximum atomic E-state index is 5.77. The molecule has 0 aromatic carbocycles. The van der Waals surface area contributed by atoms with Crippen molar-refractivity contribution in [1.82, 2.24) is 19.9 Å². The number of pyridine rings is 2. The third kappa shape index (κ3) is 2.79. The zero-order chi connectivity index (χ0) is 15.6. The van der Waals surface area contributed by atoms with E-state index >= 15 is 0 Å². The molecule has 4 rings (SSSR count). The summed E-state index contributed by atoms with van der Waals surface area (Å²) < 4.78 is 5.77. The van der Waals surface area contributed by atoms with Crippen molar-refractivity contribution in [2.75, 3.05) is 24.6 Å². The Kier molecular flexibility index (Phi) is 3.49. The molecule has 1 aliphatic rings. The van der Waals surface area contributed by atoms with Gasteiger partial charge in [0.05, 0.1) is 24.5 Å². The van der Waals surface area contributed by atoms with E-state index in [9.17, 15) is 0 Å². The van der Waals surface area contributed by atoms with E-state index in [0.29, 0.717) is 12.5 Å². The number of aryl methyl sites for hydroxylation is 1. The molecule has 6 heteroatoms. The Morgan fingerprint density at radius 3 is 2.83 bits per heavy atom. The summed E-state index contributed by atoms with van der Waals surface area (Å²) in [6.07, 6.45) is 7.06. The van der Waals surface area contributed by atoms with Crippen LogP contribution >= 0.6 is 0 Å². The van der Waals surface area contributed by atoms with Gasteiger partial charge in [-0.15, -0.1) is 0 Å². The van der Waals surface area contributed by atoms with E-state index in [4.69, 9.17) is 4.74 Å². The Morgan fingerprint density at radius 1 is 1.13 bits per heavy atom. The Hall–Kier alpha value is -2.76. The second-order valence-electron chi connectivity index (χ2n) is 5.76. The standard InChI is InChI=1S/C17H17N5O/c1-12-20-16-8-19-6-4-15(16)17(21-12)22-9-13(10-22)11-23-14-3-2-5-18-7-14/h2-8,13H,9-11H2,1H3. The van der Waals surface area contributed by atoms with E-state index in [1.807, 2.05) is 25.1 Å². The summed E-state index contributed by atoms with van der Waals surface area (Å²) in [6, 6.07) is 5.79. The van der Waals surface area contributed by atoms with Gasteiger partial charge in [-0.25, -0.2) is 9.97 Å². The smallest absolute Gasteiger partial charge is 0.140 e. The van der Waals surface area contributed by atoms with Gasteiger partial charge < -0.3 is 9.64 Å².